The Morgan fingerprint density at radius 1 is 1.56 bits per heavy atom. The smallest absolute Gasteiger partial charge is 0.0534 e. The third kappa shape index (κ3) is 4.33. The molecule has 0 saturated heterocycles. The van der Waals surface area contributed by atoms with Crippen LogP contribution in [0.3, 0.4) is 0 Å². The minimum atomic E-state index is 0.403. The summed E-state index contributed by atoms with van der Waals surface area (Å²) in [6, 6.07) is 0.403. The molecule has 1 unspecified atom stereocenters. The van der Waals surface area contributed by atoms with Crippen molar-refractivity contribution in [2.24, 2.45) is 0 Å². The molecule has 16 heavy (non-hydrogen) atoms. The van der Waals surface area contributed by atoms with E-state index in [1.807, 2.05) is 10.9 Å². The maximum atomic E-state index is 5.07. The Morgan fingerprint density at radius 3 is 3.06 bits per heavy atom. The van der Waals surface area contributed by atoms with Crippen molar-refractivity contribution in [1.82, 2.24) is 15.1 Å². The Bertz CT molecular complexity index is 286. The second kappa shape index (κ2) is 7.41. The van der Waals surface area contributed by atoms with Crippen LogP contribution < -0.4 is 5.32 Å². The molecule has 1 N–H and O–H groups in total. The van der Waals surface area contributed by atoms with Crippen LogP contribution in [0.15, 0.2) is 12.4 Å². The molecule has 0 aliphatic heterocycles. The van der Waals surface area contributed by atoms with Crippen LogP contribution in [0, 0.1) is 0 Å². The standard InChI is InChI=1S/C12H23N3O/c1-4-6-13-8-12-9-14-15(10-12)11(2)5-7-16-3/h9-11,13H,4-8H2,1-3H3. The summed E-state index contributed by atoms with van der Waals surface area (Å²) in [5.41, 5.74) is 1.25. The molecule has 0 spiro atoms. The highest BCUT2D eigenvalue weighted by atomic mass is 16.5. The zero-order chi connectivity index (χ0) is 11.8. The molecular weight excluding hydrogens is 202 g/mol. The molecule has 1 aromatic heterocycles. The first-order valence-corrected chi connectivity index (χ1v) is 6.00. The normalized spacial score (nSPS) is 12.9. The lowest BCUT2D eigenvalue weighted by Crippen LogP contribution is -2.13. The van der Waals surface area contributed by atoms with Gasteiger partial charge in [0.05, 0.1) is 12.2 Å². The fraction of sp³-hybridized carbons (Fsp3) is 0.750. The number of aromatic nitrogens is 2. The average Bonchev–Trinajstić information content (AvgIpc) is 2.75. The first-order chi connectivity index (χ1) is 7.77. The lowest BCUT2D eigenvalue weighted by Gasteiger charge is -2.10. The number of rotatable bonds is 8. The highest BCUT2D eigenvalue weighted by Gasteiger charge is 2.05. The van der Waals surface area contributed by atoms with Crippen LogP contribution in [-0.4, -0.2) is 30.0 Å². The first-order valence-electron chi connectivity index (χ1n) is 6.00. The second-order valence-corrected chi connectivity index (χ2v) is 4.14. The molecule has 92 valence electrons. The molecule has 1 rings (SSSR count). The number of hydrogen-bond donors (Lipinski definition) is 1. The maximum absolute atomic E-state index is 5.07. The maximum Gasteiger partial charge on any atom is 0.0534 e. The van der Waals surface area contributed by atoms with Crippen molar-refractivity contribution < 1.29 is 4.74 Å². The predicted octanol–water partition coefficient (Wildman–Crippen LogP) is 1.98. The summed E-state index contributed by atoms with van der Waals surface area (Å²) in [5, 5.41) is 7.74. The Kier molecular flexibility index (Phi) is 6.11. The van der Waals surface area contributed by atoms with Crippen LogP contribution in [0.1, 0.15) is 38.3 Å². The van der Waals surface area contributed by atoms with E-state index in [4.69, 9.17) is 4.74 Å². The van der Waals surface area contributed by atoms with Crippen LogP contribution in [0.5, 0.6) is 0 Å². The van der Waals surface area contributed by atoms with E-state index in [1.54, 1.807) is 7.11 Å². The summed E-state index contributed by atoms with van der Waals surface area (Å²) in [5.74, 6) is 0. The van der Waals surface area contributed by atoms with E-state index in [0.29, 0.717) is 6.04 Å². The van der Waals surface area contributed by atoms with Crippen molar-refractivity contribution in [3.05, 3.63) is 18.0 Å². The average molecular weight is 225 g/mol. The molecule has 0 amide bonds. The molecular formula is C12H23N3O. The number of ether oxygens (including phenoxy) is 1. The number of methoxy groups -OCH3 is 1. The number of nitrogens with one attached hydrogen (secondary N) is 1. The minimum absolute atomic E-state index is 0.403. The summed E-state index contributed by atoms with van der Waals surface area (Å²) in [6.45, 7) is 7.08. The Hall–Kier alpha value is -0.870. The quantitative estimate of drug-likeness (QED) is 0.688. The van der Waals surface area contributed by atoms with Crippen molar-refractivity contribution in [1.29, 1.82) is 0 Å². The van der Waals surface area contributed by atoms with Crippen molar-refractivity contribution in [2.45, 2.75) is 39.3 Å². The van der Waals surface area contributed by atoms with Crippen molar-refractivity contribution in [2.75, 3.05) is 20.3 Å². The van der Waals surface area contributed by atoms with Gasteiger partial charge in [-0.2, -0.15) is 5.10 Å². The molecule has 0 bridgehead atoms. The van der Waals surface area contributed by atoms with E-state index in [9.17, 15) is 0 Å². The van der Waals surface area contributed by atoms with Gasteiger partial charge in [0.15, 0.2) is 0 Å². The summed E-state index contributed by atoms with van der Waals surface area (Å²) in [7, 11) is 1.73. The lowest BCUT2D eigenvalue weighted by atomic mass is 10.2. The molecule has 1 atom stereocenters. The third-order valence-electron chi connectivity index (χ3n) is 2.60. The zero-order valence-electron chi connectivity index (χ0n) is 10.6. The Balaban J connectivity index is 2.37. The van der Waals surface area contributed by atoms with Gasteiger partial charge < -0.3 is 10.1 Å². The van der Waals surface area contributed by atoms with Gasteiger partial charge >= 0.3 is 0 Å². The minimum Gasteiger partial charge on any atom is -0.385 e. The third-order valence-corrected chi connectivity index (χ3v) is 2.60. The van der Waals surface area contributed by atoms with Crippen LogP contribution in [0.25, 0.3) is 0 Å². The molecule has 0 saturated carbocycles. The Labute approximate surface area is 98.0 Å². The zero-order valence-corrected chi connectivity index (χ0v) is 10.6. The van der Waals surface area contributed by atoms with Gasteiger partial charge in [-0.25, -0.2) is 0 Å². The summed E-state index contributed by atoms with van der Waals surface area (Å²) in [4.78, 5) is 0. The number of nitrogens with zero attached hydrogens (tertiary/aromatic N) is 2. The van der Waals surface area contributed by atoms with Gasteiger partial charge in [0, 0.05) is 32.0 Å². The predicted molar refractivity (Wildman–Crippen MR) is 65.4 cm³/mol. The monoisotopic (exact) mass is 225 g/mol. The van der Waals surface area contributed by atoms with E-state index in [0.717, 1.165) is 26.1 Å². The molecule has 0 radical (unpaired) electrons. The fourth-order valence-corrected chi connectivity index (χ4v) is 1.54. The Morgan fingerprint density at radius 2 is 2.38 bits per heavy atom. The van der Waals surface area contributed by atoms with Crippen molar-refractivity contribution in [3.63, 3.8) is 0 Å². The van der Waals surface area contributed by atoms with E-state index in [-0.39, 0.29) is 0 Å². The van der Waals surface area contributed by atoms with E-state index < -0.39 is 0 Å². The largest absolute Gasteiger partial charge is 0.385 e. The molecule has 0 aromatic carbocycles. The first kappa shape index (κ1) is 13.2. The molecule has 4 nitrogen and oxygen atoms in total. The van der Waals surface area contributed by atoms with Gasteiger partial charge in [-0.15, -0.1) is 0 Å². The molecule has 0 aliphatic carbocycles. The van der Waals surface area contributed by atoms with Crippen LogP contribution in [-0.2, 0) is 11.3 Å². The number of hydrogen-bond acceptors (Lipinski definition) is 3. The van der Waals surface area contributed by atoms with Crippen LogP contribution in [0.4, 0.5) is 0 Å². The summed E-state index contributed by atoms with van der Waals surface area (Å²) >= 11 is 0. The highest BCUT2D eigenvalue weighted by molar-refractivity contribution is 5.03. The van der Waals surface area contributed by atoms with E-state index >= 15 is 0 Å². The van der Waals surface area contributed by atoms with E-state index in [2.05, 4.69) is 30.5 Å². The van der Waals surface area contributed by atoms with Crippen LogP contribution >= 0.6 is 0 Å². The van der Waals surface area contributed by atoms with Gasteiger partial charge in [0.1, 0.15) is 0 Å². The molecule has 1 heterocycles. The SMILES string of the molecule is CCCNCc1cnn(C(C)CCOC)c1. The highest BCUT2D eigenvalue weighted by Crippen LogP contribution is 2.10. The van der Waals surface area contributed by atoms with E-state index in [1.165, 1.54) is 12.0 Å². The van der Waals surface area contributed by atoms with Gasteiger partial charge in [-0.3, -0.25) is 4.68 Å². The van der Waals surface area contributed by atoms with Gasteiger partial charge in [-0.05, 0) is 26.3 Å². The molecule has 0 fully saturated rings. The van der Waals surface area contributed by atoms with Crippen LogP contribution in [0.2, 0.25) is 0 Å². The molecule has 4 heteroatoms. The van der Waals surface area contributed by atoms with Gasteiger partial charge in [-0.1, -0.05) is 6.92 Å². The topological polar surface area (TPSA) is 39.1 Å². The van der Waals surface area contributed by atoms with Crippen molar-refractivity contribution >= 4 is 0 Å². The molecule has 1 aromatic rings. The molecule has 0 aliphatic rings. The van der Waals surface area contributed by atoms with Gasteiger partial charge in [0.2, 0.25) is 0 Å². The second-order valence-electron chi connectivity index (χ2n) is 4.14. The fourth-order valence-electron chi connectivity index (χ4n) is 1.54. The van der Waals surface area contributed by atoms with Gasteiger partial charge in [0.25, 0.3) is 0 Å². The lowest BCUT2D eigenvalue weighted by molar-refractivity contribution is 0.178. The summed E-state index contributed by atoms with van der Waals surface area (Å²) < 4.78 is 7.08. The summed E-state index contributed by atoms with van der Waals surface area (Å²) in [6.07, 6.45) is 6.22. The van der Waals surface area contributed by atoms with Crippen molar-refractivity contribution in [3.8, 4) is 0 Å².